The van der Waals surface area contributed by atoms with Gasteiger partial charge in [-0.1, -0.05) is 0 Å². The van der Waals surface area contributed by atoms with Gasteiger partial charge in [0.25, 0.3) is 0 Å². The van der Waals surface area contributed by atoms with E-state index in [0.29, 0.717) is 28.6 Å². The van der Waals surface area contributed by atoms with Crippen LogP contribution in [0.1, 0.15) is 26.3 Å². The molecule has 24 heavy (non-hydrogen) atoms. The molecule has 0 saturated carbocycles. The Bertz CT molecular complexity index is 905. The molecule has 0 atom stereocenters. The molecule has 1 aromatic carbocycles. The molecule has 2 heterocycles. The lowest BCUT2D eigenvalue weighted by Gasteiger charge is -2.20. The summed E-state index contributed by atoms with van der Waals surface area (Å²) in [5.74, 6) is 2.68. The topological polar surface area (TPSA) is 62.5 Å². The highest BCUT2D eigenvalue weighted by Crippen LogP contribution is 2.36. The third-order valence-electron chi connectivity index (χ3n) is 3.80. The van der Waals surface area contributed by atoms with Crippen molar-refractivity contribution in [2.75, 3.05) is 0 Å². The van der Waals surface area contributed by atoms with E-state index in [1.807, 2.05) is 38.1 Å². The molecule has 3 rings (SSSR count). The quantitative estimate of drug-likeness (QED) is 0.760. The molecular formula is C20H17NO3. The van der Waals surface area contributed by atoms with Crippen molar-refractivity contribution in [3.05, 3.63) is 76.5 Å². The number of nitriles is 1. The number of nitrogens with zero attached hydrogens (tertiary/aromatic N) is 1. The van der Waals surface area contributed by atoms with Crippen molar-refractivity contribution in [2.45, 2.75) is 20.8 Å². The van der Waals surface area contributed by atoms with Crippen molar-refractivity contribution in [1.82, 2.24) is 0 Å². The number of allylic oxidation sites excluding steroid dienone is 8. The van der Waals surface area contributed by atoms with Crippen LogP contribution in [0.3, 0.4) is 0 Å². The van der Waals surface area contributed by atoms with Crippen molar-refractivity contribution in [1.29, 1.82) is 5.26 Å². The van der Waals surface area contributed by atoms with Crippen LogP contribution >= 0.6 is 0 Å². The van der Waals surface area contributed by atoms with Crippen molar-refractivity contribution in [3.63, 3.8) is 0 Å². The van der Waals surface area contributed by atoms with Gasteiger partial charge in [0.05, 0.1) is 6.07 Å². The fraction of sp³-hybridized carbons (Fsp3) is 0.150. The van der Waals surface area contributed by atoms with Crippen molar-refractivity contribution < 1.29 is 14.6 Å². The minimum Gasteiger partial charge on any atom is -0.508 e. The highest BCUT2D eigenvalue weighted by molar-refractivity contribution is 5.74. The van der Waals surface area contributed by atoms with Crippen LogP contribution in [0.25, 0.3) is 5.57 Å². The van der Waals surface area contributed by atoms with Gasteiger partial charge in [0, 0.05) is 23.3 Å². The Morgan fingerprint density at radius 3 is 2.71 bits per heavy atom. The third kappa shape index (κ3) is 3.11. The van der Waals surface area contributed by atoms with Crippen LogP contribution in [0.15, 0.2) is 70.9 Å². The van der Waals surface area contributed by atoms with Crippen molar-refractivity contribution in [2.24, 2.45) is 0 Å². The van der Waals surface area contributed by atoms with Gasteiger partial charge in [0.15, 0.2) is 0 Å². The molecule has 2 aliphatic rings. The average molecular weight is 319 g/mol. The normalized spacial score (nSPS) is 19.9. The van der Waals surface area contributed by atoms with E-state index in [0.717, 1.165) is 16.7 Å². The molecule has 0 bridgehead atoms. The summed E-state index contributed by atoms with van der Waals surface area (Å²) >= 11 is 0. The number of phenols is 1. The molecule has 120 valence electrons. The van der Waals surface area contributed by atoms with Gasteiger partial charge in [-0.2, -0.15) is 5.26 Å². The molecule has 0 unspecified atom stereocenters. The largest absolute Gasteiger partial charge is 0.508 e. The number of rotatable bonds is 1. The Hall–Kier alpha value is -3.19. The van der Waals surface area contributed by atoms with Gasteiger partial charge in [-0.3, -0.25) is 0 Å². The number of benzene rings is 1. The second-order valence-electron chi connectivity index (χ2n) is 5.75. The zero-order valence-electron chi connectivity index (χ0n) is 13.8. The standard InChI is InChI=1S/C20H17NO3/c1-12-6-17(24-20-9-16(22)4-5-19(12)20)10-18-8-15(13(2)11-21)7-14(3)23-18/h4-10,22H,1-3H3/b15-13-,17-10+. The number of fused-ring (bicyclic) bond motifs is 1. The summed E-state index contributed by atoms with van der Waals surface area (Å²) in [5, 5.41) is 18.7. The van der Waals surface area contributed by atoms with Crippen molar-refractivity contribution in [3.8, 4) is 17.6 Å². The van der Waals surface area contributed by atoms with E-state index in [4.69, 9.17) is 14.7 Å². The van der Waals surface area contributed by atoms with Gasteiger partial charge < -0.3 is 14.6 Å². The van der Waals surface area contributed by atoms with E-state index < -0.39 is 0 Å². The Morgan fingerprint density at radius 2 is 1.96 bits per heavy atom. The maximum Gasteiger partial charge on any atom is 0.138 e. The van der Waals surface area contributed by atoms with Crippen LogP contribution in [0.4, 0.5) is 0 Å². The van der Waals surface area contributed by atoms with E-state index in [-0.39, 0.29) is 5.75 Å². The molecular weight excluding hydrogens is 302 g/mol. The zero-order chi connectivity index (χ0) is 17.3. The lowest BCUT2D eigenvalue weighted by Crippen LogP contribution is -2.04. The summed E-state index contributed by atoms with van der Waals surface area (Å²) in [4.78, 5) is 0. The van der Waals surface area contributed by atoms with Gasteiger partial charge in [0.2, 0.25) is 0 Å². The maximum atomic E-state index is 9.64. The minimum absolute atomic E-state index is 0.157. The summed E-state index contributed by atoms with van der Waals surface area (Å²) < 4.78 is 11.6. The van der Waals surface area contributed by atoms with Crippen LogP contribution in [-0.2, 0) is 4.74 Å². The van der Waals surface area contributed by atoms with Crippen LogP contribution < -0.4 is 4.74 Å². The molecule has 0 aliphatic carbocycles. The van der Waals surface area contributed by atoms with E-state index >= 15 is 0 Å². The van der Waals surface area contributed by atoms with Crippen molar-refractivity contribution >= 4 is 5.57 Å². The summed E-state index contributed by atoms with van der Waals surface area (Å²) in [6.07, 6.45) is 7.33. The SMILES string of the molecule is CC1=C/C(=C(\C)C#N)C=C(/C=C2\C=C(C)c3ccc(O)cc3O2)O1. The Labute approximate surface area is 140 Å². The van der Waals surface area contributed by atoms with Crippen LogP contribution in [0.5, 0.6) is 11.5 Å². The fourth-order valence-electron chi connectivity index (χ4n) is 2.59. The van der Waals surface area contributed by atoms with Gasteiger partial charge in [-0.05, 0) is 62.3 Å². The predicted octanol–water partition coefficient (Wildman–Crippen LogP) is 4.73. The van der Waals surface area contributed by atoms with Gasteiger partial charge in [0.1, 0.15) is 28.8 Å². The van der Waals surface area contributed by atoms with Crippen LogP contribution in [-0.4, -0.2) is 5.11 Å². The number of aromatic hydroxyl groups is 1. The van der Waals surface area contributed by atoms with E-state index in [1.54, 1.807) is 25.1 Å². The first-order valence-corrected chi connectivity index (χ1v) is 7.56. The first kappa shape index (κ1) is 15.7. The smallest absolute Gasteiger partial charge is 0.138 e. The van der Waals surface area contributed by atoms with E-state index in [1.165, 1.54) is 0 Å². The monoisotopic (exact) mass is 319 g/mol. The summed E-state index contributed by atoms with van der Waals surface area (Å²) in [7, 11) is 0. The fourth-order valence-corrected chi connectivity index (χ4v) is 2.59. The van der Waals surface area contributed by atoms with Gasteiger partial charge in [-0.15, -0.1) is 0 Å². The molecule has 4 heteroatoms. The molecule has 0 fully saturated rings. The molecule has 4 nitrogen and oxygen atoms in total. The molecule has 2 aliphatic heterocycles. The number of phenolic OH excluding ortho intramolecular Hbond substituents is 1. The molecule has 1 N–H and O–H groups in total. The predicted molar refractivity (Wildman–Crippen MR) is 91.7 cm³/mol. The first-order valence-electron chi connectivity index (χ1n) is 7.56. The first-order chi connectivity index (χ1) is 11.5. The second-order valence-corrected chi connectivity index (χ2v) is 5.75. The summed E-state index contributed by atoms with van der Waals surface area (Å²) in [5.41, 5.74) is 3.43. The summed E-state index contributed by atoms with van der Waals surface area (Å²) in [6.45, 7) is 5.59. The average Bonchev–Trinajstić information content (AvgIpc) is 2.53. The zero-order valence-corrected chi connectivity index (χ0v) is 13.8. The molecule has 0 radical (unpaired) electrons. The number of hydrogen-bond donors (Lipinski definition) is 1. The second kappa shape index (κ2) is 6.13. The van der Waals surface area contributed by atoms with E-state index in [2.05, 4.69) is 6.07 Å². The number of ether oxygens (including phenoxy) is 2. The molecule has 0 saturated heterocycles. The molecule has 0 spiro atoms. The lowest BCUT2D eigenvalue weighted by atomic mass is 10.0. The van der Waals surface area contributed by atoms with Gasteiger partial charge >= 0.3 is 0 Å². The number of hydrogen-bond acceptors (Lipinski definition) is 4. The highest BCUT2D eigenvalue weighted by atomic mass is 16.5. The Kier molecular flexibility index (Phi) is 4.01. The highest BCUT2D eigenvalue weighted by Gasteiger charge is 2.16. The Balaban J connectivity index is 1.97. The molecule has 0 amide bonds. The lowest BCUT2D eigenvalue weighted by molar-refractivity contribution is 0.313. The Morgan fingerprint density at radius 1 is 1.17 bits per heavy atom. The molecule has 1 aromatic rings. The molecule has 0 aromatic heterocycles. The van der Waals surface area contributed by atoms with Crippen LogP contribution in [0, 0.1) is 11.3 Å². The van der Waals surface area contributed by atoms with Crippen LogP contribution in [0.2, 0.25) is 0 Å². The van der Waals surface area contributed by atoms with Gasteiger partial charge in [-0.25, -0.2) is 0 Å². The minimum atomic E-state index is 0.157. The maximum absolute atomic E-state index is 9.64. The summed E-state index contributed by atoms with van der Waals surface area (Å²) in [6, 6.07) is 7.20. The van der Waals surface area contributed by atoms with E-state index in [9.17, 15) is 5.11 Å². The third-order valence-corrected chi connectivity index (χ3v) is 3.80.